The van der Waals surface area contributed by atoms with Crippen molar-refractivity contribution in [1.29, 1.82) is 0 Å². The fourth-order valence-corrected chi connectivity index (χ4v) is 3.77. The van der Waals surface area contributed by atoms with E-state index in [9.17, 15) is 8.42 Å². The zero-order valence-corrected chi connectivity index (χ0v) is 13.3. The van der Waals surface area contributed by atoms with Gasteiger partial charge in [0.05, 0.1) is 0 Å². The van der Waals surface area contributed by atoms with Crippen molar-refractivity contribution in [2.75, 3.05) is 26.7 Å². The second-order valence-electron chi connectivity index (χ2n) is 5.00. The average molecular weight is 327 g/mol. The molecule has 1 rings (SSSR count). The molecule has 0 aromatic heterocycles. The molecule has 0 aliphatic carbocycles. The van der Waals surface area contributed by atoms with Gasteiger partial charge >= 0.3 is 0 Å². The molecule has 1 saturated heterocycles. The molecule has 1 fully saturated rings. The summed E-state index contributed by atoms with van der Waals surface area (Å²) >= 11 is 3.44. The highest BCUT2D eigenvalue weighted by atomic mass is 79.9. The first-order chi connectivity index (χ1) is 7.84. The van der Waals surface area contributed by atoms with Crippen LogP contribution in [0.1, 0.15) is 33.1 Å². The fraction of sp³-hybridized carbons (Fsp3) is 1.00. The van der Waals surface area contributed by atoms with Gasteiger partial charge in [-0.3, -0.25) is 0 Å². The number of rotatable bonds is 5. The van der Waals surface area contributed by atoms with Gasteiger partial charge in [0.2, 0.25) is 0 Å². The molecular formula is C11H23BrN2O2S. The van der Waals surface area contributed by atoms with E-state index in [1.807, 2.05) is 6.92 Å². The lowest BCUT2D eigenvalue weighted by Crippen LogP contribution is -2.46. The third kappa shape index (κ3) is 4.50. The summed E-state index contributed by atoms with van der Waals surface area (Å²) in [6.07, 6.45) is 2.94. The van der Waals surface area contributed by atoms with Gasteiger partial charge in [-0.15, -0.1) is 0 Å². The van der Waals surface area contributed by atoms with Crippen molar-refractivity contribution in [3.05, 3.63) is 0 Å². The van der Waals surface area contributed by atoms with Gasteiger partial charge in [-0.05, 0) is 25.2 Å². The largest absolute Gasteiger partial charge is 0.281 e. The first-order valence-electron chi connectivity index (χ1n) is 6.19. The first kappa shape index (κ1) is 15.4. The van der Waals surface area contributed by atoms with Gasteiger partial charge in [-0.1, -0.05) is 29.8 Å². The lowest BCUT2D eigenvalue weighted by molar-refractivity contribution is 0.263. The quantitative estimate of drug-likeness (QED) is 0.726. The molecule has 17 heavy (non-hydrogen) atoms. The molecule has 6 heteroatoms. The fourth-order valence-electron chi connectivity index (χ4n) is 2.03. The Balaban J connectivity index is 2.59. The highest BCUT2D eigenvalue weighted by Gasteiger charge is 2.30. The summed E-state index contributed by atoms with van der Waals surface area (Å²) in [5, 5.41) is 0. The van der Waals surface area contributed by atoms with E-state index in [2.05, 4.69) is 22.9 Å². The number of piperidine rings is 1. The summed E-state index contributed by atoms with van der Waals surface area (Å²) < 4.78 is 27.7. The van der Waals surface area contributed by atoms with Gasteiger partial charge < -0.3 is 0 Å². The summed E-state index contributed by atoms with van der Waals surface area (Å²) in [5.41, 5.74) is 0. The highest BCUT2D eigenvalue weighted by molar-refractivity contribution is 9.09. The molecule has 102 valence electrons. The Morgan fingerprint density at radius 2 is 2.18 bits per heavy atom. The van der Waals surface area contributed by atoms with Crippen molar-refractivity contribution in [3.63, 3.8) is 0 Å². The number of alkyl halides is 1. The van der Waals surface area contributed by atoms with Gasteiger partial charge in [-0.2, -0.15) is 17.0 Å². The summed E-state index contributed by atoms with van der Waals surface area (Å²) in [6.45, 7) is 6.04. The van der Waals surface area contributed by atoms with E-state index in [0.29, 0.717) is 30.4 Å². The van der Waals surface area contributed by atoms with Crippen LogP contribution in [0, 0.1) is 5.92 Å². The van der Waals surface area contributed by atoms with Crippen molar-refractivity contribution in [1.82, 2.24) is 8.61 Å². The van der Waals surface area contributed by atoms with E-state index < -0.39 is 10.2 Å². The minimum Gasteiger partial charge on any atom is -0.195 e. The molecule has 0 saturated carbocycles. The SMILES string of the molecule is CC(Br)CCN(C)S(=O)(=O)N1CCCC(C)C1. The minimum absolute atomic E-state index is 0.348. The van der Waals surface area contributed by atoms with E-state index in [0.717, 1.165) is 19.3 Å². The Labute approximate surface area is 114 Å². The molecule has 0 amide bonds. The Morgan fingerprint density at radius 1 is 1.53 bits per heavy atom. The topological polar surface area (TPSA) is 40.6 Å². The summed E-state index contributed by atoms with van der Waals surface area (Å²) in [7, 11) is -1.57. The Morgan fingerprint density at radius 3 is 2.71 bits per heavy atom. The van der Waals surface area contributed by atoms with Crippen molar-refractivity contribution in [2.45, 2.75) is 37.9 Å². The smallest absolute Gasteiger partial charge is 0.195 e. The van der Waals surface area contributed by atoms with Gasteiger partial charge in [0.25, 0.3) is 10.2 Å². The normalized spacial score (nSPS) is 25.1. The molecule has 1 heterocycles. The lowest BCUT2D eigenvalue weighted by Gasteiger charge is -2.33. The van der Waals surface area contributed by atoms with Gasteiger partial charge in [0, 0.05) is 31.5 Å². The van der Waals surface area contributed by atoms with Gasteiger partial charge in [0.15, 0.2) is 0 Å². The summed E-state index contributed by atoms with van der Waals surface area (Å²) in [6, 6.07) is 0. The highest BCUT2D eigenvalue weighted by Crippen LogP contribution is 2.20. The molecule has 0 spiro atoms. The molecule has 4 nitrogen and oxygen atoms in total. The molecule has 0 aromatic carbocycles. The monoisotopic (exact) mass is 326 g/mol. The summed E-state index contributed by atoms with van der Waals surface area (Å²) in [4.78, 5) is 0.348. The third-order valence-electron chi connectivity index (χ3n) is 3.18. The van der Waals surface area contributed by atoms with Gasteiger partial charge in [0.1, 0.15) is 0 Å². The number of nitrogens with zero attached hydrogens (tertiary/aromatic N) is 2. The molecule has 1 aliphatic heterocycles. The number of halogens is 1. The average Bonchev–Trinajstić information content (AvgIpc) is 2.25. The zero-order chi connectivity index (χ0) is 13.1. The van der Waals surface area contributed by atoms with E-state index in [-0.39, 0.29) is 0 Å². The first-order valence-corrected chi connectivity index (χ1v) is 8.50. The molecule has 0 radical (unpaired) electrons. The Bertz CT molecular complexity index is 332. The predicted molar refractivity (Wildman–Crippen MR) is 74.5 cm³/mol. The van der Waals surface area contributed by atoms with E-state index in [1.165, 1.54) is 4.31 Å². The van der Waals surface area contributed by atoms with Crippen LogP contribution >= 0.6 is 15.9 Å². The van der Waals surface area contributed by atoms with E-state index in [4.69, 9.17) is 0 Å². The zero-order valence-electron chi connectivity index (χ0n) is 10.9. The second-order valence-corrected chi connectivity index (χ2v) is 8.60. The van der Waals surface area contributed by atoms with Crippen LogP contribution < -0.4 is 0 Å². The Kier molecular flexibility index (Phi) is 5.89. The van der Waals surface area contributed by atoms with E-state index in [1.54, 1.807) is 11.4 Å². The van der Waals surface area contributed by atoms with Crippen LogP contribution in [0.25, 0.3) is 0 Å². The maximum absolute atomic E-state index is 12.3. The third-order valence-corrected chi connectivity index (χ3v) is 5.59. The molecule has 2 unspecified atom stereocenters. The van der Waals surface area contributed by atoms with Crippen LogP contribution in [0.3, 0.4) is 0 Å². The van der Waals surface area contributed by atoms with Crippen molar-refractivity contribution in [2.24, 2.45) is 5.92 Å². The molecule has 0 aromatic rings. The molecular weight excluding hydrogens is 304 g/mol. The lowest BCUT2D eigenvalue weighted by atomic mass is 10.0. The summed E-state index contributed by atoms with van der Waals surface area (Å²) in [5.74, 6) is 0.474. The van der Waals surface area contributed by atoms with Crippen LogP contribution in [0.5, 0.6) is 0 Å². The van der Waals surface area contributed by atoms with E-state index >= 15 is 0 Å². The van der Waals surface area contributed by atoms with Crippen LogP contribution in [0.2, 0.25) is 0 Å². The maximum Gasteiger partial charge on any atom is 0.281 e. The Hall–Kier alpha value is 0.350. The molecule has 1 aliphatic rings. The van der Waals surface area contributed by atoms with Crippen LogP contribution in [-0.4, -0.2) is 48.5 Å². The minimum atomic E-state index is -3.24. The van der Waals surface area contributed by atoms with Crippen LogP contribution in [-0.2, 0) is 10.2 Å². The predicted octanol–water partition coefficient (Wildman–Crippen LogP) is 2.07. The van der Waals surface area contributed by atoms with Crippen LogP contribution in [0.15, 0.2) is 0 Å². The number of hydrogen-bond donors (Lipinski definition) is 0. The van der Waals surface area contributed by atoms with Crippen molar-refractivity contribution in [3.8, 4) is 0 Å². The van der Waals surface area contributed by atoms with Crippen molar-refractivity contribution < 1.29 is 8.42 Å². The second kappa shape index (κ2) is 6.50. The van der Waals surface area contributed by atoms with Crippen LogP contribution in [0.4, 0.5) is 0 Å². The molecule has 0 N–H and O–H groups in total. The maximum atomic E-state index is 12.3. The van der Waals surface area contributed by atoms with Crippen molar-refractivity contribution >= 4 is 26.1 Å². The number of hydrogen-bond acceptors (Lipinski definition) is 2. The molecule has 2 atom stereocenters. The standard InChI is InChI=1S/C11H23BrN2O2S/c1-10-5-4-7-14(9-10)17(15,16)13(3)8-6-11(2)12/h10-11H,4-9H2,1-3H3. The van der Waals surface area contributed by atoms with Gasteiger partial charge in [-0.25, -0.2) is 0 Å². The molecule has 0 bridgehead atoms.